The van der Waals surface area contributed by atoms with Gasteiger partial charge in [0.2, 0.25) is 0 Å². The molecule has 3 heterocycles. The van der Waals surface area contributed by atoms with Crippen LogP contribution in [0.2, 0.25) is 0 Å². The van der Waals surface area contributed by atoms with E-state index in [0.29, 0.717) is 17.9 Å². The number of H-pyrrole nitrogens is 1. The fraction of sp³-hybridized carbons (Fsp3) is 0.290. The Bertz CT molecular complexity index is 1690. The van der Waals surface area contributed by atoms with Crippen molar-refractivity contribution in [2.75, 3.05) is 38.2 Å². The summed E-state index contributed by atoms with van der Waals surface area (Å²) in [6.07, 6.45) is 0. The predicted octanol–water partition coefficient (Wildman–Crippen LogP) is 4.10. The first-order chi connectivity index (χ1) is 19.5. The van der Waals surface area contributed by atoms with Gasteiger partial charge in [0.1, 0.15) is 11.8 Å². The van der Waals surface area contributed by atoms with E-state index in [0.717, 1.165) is 65.2 Å². The number of aromatic amines is 1. The number of para-hydroxylation sites is 2. The van der Waals surface area contributed by atoms with Gasteiger partial charge in [-0.3, -0.25) is 9.69 Å². The number of rotatable bonds is 7. The summed E-state index contributed by atoms with van der Waals surface area (Å²) in [5, 5.41) is 13.9. The molecule has 1 aliphatic rings. The molecule has 0 radical (unpaired) electrons. The zero-order chi connectivity index (χ0) is 27.6. The number of pyridine rings is 1. The highest BCUT2D eigenvalue weighted by Crippen LogP contribution is 2.32. The number of ether oxygens (including phenoxy) is 1. The Balaban J connectivity index is 1.40. The third-order valence-electron chi connectivity index (χ3n) is 7.72. The minimum Gasteiger partial charge on any atom is -0.495 e. The van der Waals surface area contributed by atoms with Crippen LogP contribution in [0.4, 0.5) is 5.69 Å². The van der Waals surface area contributed by atoms with Crippen LogP contribution < -0.4 is 15.2 Å². The maximum Gasteiger partial charge on any atom is 0.253 e. The van der Waals surface area contributed by atoms with Gasteiger partial charge in [0, 0.05) is 42.6 Å². The van der Waals surface area contributed by atoms with E-state index in [1.165, 1.54) is 0 Å². The van der Waals surface area contributed by atoms with Crippen molar-refractivity contribution < 1.29 is 4.74 Å². The van der Waals surface area contributed by atoms with Gasteiger partial charge in [0.15, 0.2) is 5.82 Å². The second-order valence-corrected chi connectivity index (χ2v) is 10.4. The van der Waals surface area contributed by atoms with Gasteiger partial charge in [-0.15, -0.1) is 5.10 Å². The third-order valence-corrected chi connectivity index (χ3v) is 7.72. The zero-order valence-corrected chi connectivity index (χ0v) is 23.0. The van der Waals surface area contributed by atoms with Crippen LogP contribution in [0, 0.1) is 13.8 Å². The molecular formula is C31H33N7O2. The van der Waals surface area contributed by atoms with Crippen LogP contribution in [-0.4, -0.2) is 63.4 Å². The van der Waals surface area contributed by atoms with Crippen LogP contribution in [0.15, 0.2) is 77.6 Å². The number of aromatic nitrogens is 5. The highest BCUT2D eigenvalue weighted by molar-refractivity contribution is 5.83. The lowest BCUT2D eigenvalue weighted by Gasteiger charge is -2.40. The second kappa shape index (κ2) is 10.9. The number of hydrogen-bond acceptors (Lipinski definition) is 7. The lowest BCUT2D eigenvalue weighted by atomic mass is 9.99. The van der Waals surface area contributed by atoms with Crippen molar-refractivity contribution in [2.24, 2.45) is 0 Å². The van der Waals surface area contributed by atoms with Crippen molar-refractivity contribution in [3.8, 4) is 5.75 Å². The SMILES string of the molecule is COc1ccccc1N1CCN(C(c2cc3c(C)cc(C)cc3[nH]c2=O)c2nnnn2Cc2ccccc2)CC1. The molecule has 204 valence electrons. The summed E-state index contributed by atoms with van der Waals surface area (Å²) in [7, 11) is 1.70. The summed E-state index contributed by atoms with van der Waals surface area (Å²) in [5.74, 6) is 1.51. The number of aryl methyl sites for hydroxylation is 2. The number of hydrogen-bond donors (Lipinski definition) is 1. The molecule has 6 rings (SSSR count). The average molecular weight is 536 g/mol. The third kappa shape index (κ3) is 4.96. The summed E-state index contributed by atoms with van der Waals surface area (Å²) in [6, 6.07) is 24.0. The Morgan fingerprint density at radius 2 is 1.70 bits per heavy atom. The molecule has 0 saturated carbocycles. The molecule has 1 atom stereocenters. The minimum absolute atomic E-state index is 0.121. The van der Waals surface area contributed by atoms with Crippen LogP contribution in [0.3, 0.4) is 0 Å². The number of anilines is 1. The number of nitrogens with one attached hydrogen (secondary N) is 1. The standard InChI is InChI=1S/C31H33N7O2/c1-21-17-22(2)24-19-25(31(39)32-26(24)18-21)29(30-33-34-35-38(30)20-23-9-5-4-6-10-23)37-15-13-36(14-16-37)27-11-7-8-12-28(27)40-3/h4-12,17-19,29H,13-16,20H2,1-3H3,(H,32,39). The molecule has 0 amide bonds. The Kier molecular flexibility index (Phi) is 7.04. The van der Waals surface area contributed by atoms with Gasteiger partial charge < -0.3 is 14.6 Å². The molecule has 1 N–H and O–H groups in total. The summed E-state index contributed by atoms with van der Waals surface area (Å²) >= 11 is 0. The minimum atomic E-state index is -0.410. The van der Waals surface area contributed by atoms with Crippen LogP contribution in [0.1, 0.15) is 34.1 Å². The van der Waals surface area contributed by atoms with E-state index in [2.05, 4.69) is 61.5 Å². The van der Waals surface area contributed by atoms with Gasteiger partial charge >= 0.3 is 0 Å². The van der Waals surface area contributed by atoms with E-state index in [1.807, 2.05) is 60.1 Å². The number of benzene rings is 3. The molecule has 0 spiro atoms. The largest absolute Gasteiger partial charge is 0.495 e. The molecule has 3 aromatic carbocycles. The monoisotopic (exact) mass is 535 g/mol. The molecule has 0 aliphatic carbocycles. The molecule has 1 aliphatic heterocycles. The summed E-state index contributed by atoms with van der Waals surface area (Å²) < 4.78 is 7.44. The van der Waals surface area contributed by atoms with Crippen molar-refractivity contribution >= 4 is 16.6 Å². The number of nitrogens with zero attached hydrogens (tertiary/aromatic N) is 6. The van der Waals surface area contributed by atoms with Crippen LogP contribution in [0.5, 0.6) is 5.75 Å². The lowest BCUT2D eigenvalue weighted by molar-refractivity contribution is 0.200. The van der Waals surface area contributed by atoms with Gasteiger partial charge in [-0.1, -0.05) is 48.5 Å². The molecule has 0 bridgehead atoms. The van der Waals surface area contributed by atoms with Gasteiger partial charge in [-0.25, -0.2) is 4.68 Å². The van der Waals surface area contributed by atoms with Gasteiger partial charge in [-0.05, 0) is 65.2 Å². The van der Waals surface area contributed by atoms with Crippen molar-refractivity contribution in [1.82, 2.24) is 30.1 Å². The van der Waals surface area contributed by atoms with E-state index >= 15 is 0 Å². The zero-order valence-electron chi connectivity index (χ0n) is 23.0. The first-order valence-corrected chi connectivity index (χ1v) is 13.6. The number of piperazine rings is 1. The van der Waals surface area contributed by atoms with E-state index < -0.39 is 6.04 Å². The molecule has 5 aromatic rings. The first kappa shape index (κ1) is 25.8. The maximum atomic E-state index is 13.7. The molecule has 1 fully saturated rings. The molecule has 9 heteroatoms. The highest BCUT2D eigenvalue weighted by Gasteiger charge is 2.33. The average Bonchev–Trinajstić information content (AvgIpc) is 3.42. The summed E-state index contributed by atoms with van der Waals surface area (Å²) in [5.41, 5.74) is 5.77. The quantitative estimate of drug-likeness (QED) is 0.336. The summed E-state index contributed by atoms with van der Waals surface area (Å²) in [4.78, 5) is 21.5. The van der Waals surface area contributed by atoms with Crippen LogP contribution in [0.25, 0.3) is 10.9 Å². The number of methoxy groups -OCH3 is 1. The van der Waals surface area contributed by atoms with E-state index in [1.54, 1.807) is 7.11 Å². The molecule has 2 aromatic heterocycles. The Labute approximate surface area is 233 Å². The van der Waals surface area contributed by atoms with Crippen molar-refractivity contribution in [1.29, 1.82) is 0 Å². The molecular weight excluding hydrogens is 502 g/mol. The summed E-state index contributed by atoms with van der Waals surface area (Å²) in [6.45, 7) is 7.65. The van der Waals surface area contributed by atoms with Crippen molar-refractivity contribution in [3.63, 3.8) is 0 Å². The normalized spacial score (nSPS) is 14.9. The smallest absolute Gasteiger partial charge is 0.253 e. The number of fused-ring (bicyclic) bond motifs is 1. The van der Waals surface area contributed by atoms with E-state index in [-0.39, 0.29) is 5.56 Å². The van der Waals surface area contributed by atoms with Gasteiger partial charge in [-0.2, -0.15) is 0 Å². The van der Waals surface area contributed by atoms with Crippen LogP contribution >= 0.6 is 0 Å². The molecule has 1 saturated heterocycles. The maximum absolute atomic E-state index is 13.7. The fourth-order valence-electron chi connectivity index (χ4n) is 5.78. The van der Waals surface area contributed by atoms with Gasteiger partial charge in [0.05, 0.1) is 19.3 Å². The fourth-order valence-corrected chi connectivity index (χ4v) is 5.78. The van der Waals surface area contributed by atoms with Crippen LogP contribution in [-0.2, 0) is 6.54 Å². The Morgan fingerprint density at radius 1 is 0.950 bits per heavy atom. The van der Waals surface area contributed by atoms with Crippen molar-refractivity contribution in [2.45, 2.75) is 26.4 Å². The second-order valence-electron chi connectivity index (χ2n) is 10.4. The van der Waals surface area contributed by atoms with Crippen molar-refractivity contribution in [3.05, 3.63) is 111 Å². The molecule has 40 heavy (non-hydrogen) atoms. The Morgan fingerprint density at radius 3 is 2.48 bits per heavy atom. The van der Waals surface area contributed by atoms with E-state index in [4.69, 9.17) is 4.74 Å². The van der Waals surface area contributed by atoms with E-state index in [9.17, 15) is 4.79 Å². The highest BCUT2D eigenvalue weighted by atomic mass is 16.5. The lowest BCUT2D eigenvalue weighted by Crippen LogP contribution is -2.49. The van der Waals surface area contributed by atoms with Gasteiger partial charge in [0.25, 0.3) is 5.56 Å². The predicted molar refractivity (Wildman–Crippen MR) is 156 cm³/mol. The molecule has 9 nitrogen and oxygen atoms in total. The topological polar surface area (TPSA) is 92.2 Å². The molecule has 1 unspecified atom stereocenters. The first-order valence-electron chi connectivity index (χ1n) is 13.6. The Hall–Kier alpha value is -4.50. The number of tetrazole rings is 1.